The highest BCUT2D eigenvalue weighted by Crippen LogP contribution is 2.26. The quantitative estimate of drug-likeness (QED) is 0.509. The molecule has 2 nitrogen and oxygen atoms in total. The van der Waals surface area contributed by atoms with Crippen LogP contribution in [0.15, 0.2) is 30.3 Å². The summed E-state index contributed by atoms with van der Waals surface area (Å²) in [5.74, 6) is 4.28. The van der Waals surface area contributed by atoms with Crippen LogP contribution in [0.2, 0.25) is 5.02 Å². The Morgan fingerprint density at radius 1 is 1.05 bits per heavy atom. The lowest BCUT2D eigenvalue weighted by molar-refractivity contribution is 0.502. The van der Waals surface area contributed by atoms with Crippen LogP contribution >= 0.6 is 11.6 Å². The molecule has 0 bridgehead atoms. The summed E-state index contributed by atoms with van der Waals surface area (Å²) in [6.45, 7) is 3.98. The van der Waals surface area contributed by atoms with Gasteiger partial charge in [-0.25, -0.2) is 8.78 Å². The Balaban J connectivity index is 2.34. The van der Waals surface area contributed by atoms with E-state index in [0.29, 0.717) is 6.42 Å². The van der Waals surface area contributed by atoms with Gasteiger partial charge in [-0.15, -0.1) is 0 Å². The van der Waals surface area contributed by atoms with Gasteiger partial charge in [0.25, 0.3) is 0 Å². The molecule has 5 heteroatoms. The van der Waals surface area contributed by atoms with Crippen LogP contribution in [0.25, 0.3) is 0 Å². The first kappa shape index (κ1) is 15.9. The van der Waals surface area contributed by atoms with Gasteiger partial charge in [0.05, 0.1) is 11.1 Å². The maximum absolute atomic E-state index is 14.0. The van der Waals surface area contributed by atoms with Crippen molar-refractivity contribution in [2.24, 2.45) is 5.84 Å². The molecule has 0 aromatic heterocycles. The Labute approximate surface area is 127 Å². The van der Waals surface area contributed by atoms with Crippen molar-refractivity contribution in [1.82, 2.24) is 5.43 Å². The van der Waals surface area contributed by atoms with Gasteiger partial charge < -0.3 is 0 Å². The predicted molar refractivity (Wildman–Crippen MR) is 81.1 cm³/mol. The van der Waals surface area contributed by atoms with Crippen LogP contribution in [0.5, 0.6) is 0 Å². The van der Waals surface area contributed by atoms with Gasteiger partial charge in [-0.1, -0.05) is 40.9 Å². The molecule has 0 amide bonds. The molecule has 1 atom stereocenters. The fourth-order valence-corrected chi connectivity index (χ4v) is 2.64. The van der Waals surface area contributed by atoms with Crippen LogP contribution in [0, 0.1) is 25.5 Å². The second kappa shape index (κ2) is 6.52. The van der Waals surface area contributed by atoms with Crippen LogP contribution in [-0.2, 0) is 6.42 Å². The van der Waals surface area contributed by atoms with Gasteiger partial charge in [0.2, 0.25) is 0 Å². The van der Waals surface area contributed by atoms with E-state index in [2.05, 4.69) is 11.5 Å². The minimum atomic E-state index is -0.659. The Kier molecular flexibility index (Phi) is 4.93. The molecule has 3 N–H and O–H groups in total. The molecule has 2 rings (SSSR count). The molecule has 2 aromatic rings. The largest absolute Gasteiger partial charge is 0.271 e. The van der Waals surface area contributed by atoms with Crippen LogP contribution in [0.1, 0.15) is 28.3 Å². The van der Waals surface area contributed by atoms with Crippen molar-refractivity contribution >= 4 is 11.6 Å². The number of halogens is 3. The van der Waals surface area contributed by atoms with Gasteiger partial charge in [-0.3, -0.25) is 11.3 Å². The van der Waals surface area contributed by atoms with Crippen LogP contribution in [0.4, 0.5) is 8.78 Å². The summed E-state index contributed by atoms with van der Waals surface area (Å²) in [7, 11) is 0. The van der Waals surface area contributed by atoms with Crippen molar-refractivity contribution in [3.8, 4) is 0 Å². The fourth-order valence-electron chi connectivity index (χ4n) is 2.49. The zero-order chi connectivity index (χ0) is 15.6. The summed E-state index contributed by atoms with van der Waals surface area (Å²) in [5.41, 5.74) is 5.94. The third-order valence-corrected chi connectivity index (χ3v) is 3.63. The topological polar surface area (TPSA) is 38.0 Å². The lowest BCUT2D eigenvalue weighted by atomic mass is 9.96. The van der Waals surface area contributed by atoms with E-state index in [1.54, 1.807) is 0 Å². The standard InChI is InChI=1S/C16H17ClF2N2/c1-9-3-10(2)5-11(4-9)6-16(21-20)12-7-15(19)13(17)8-14(12)18/h3-5,7-8,16,21H,6,20H2,1-2H3. The van der Waals surface area contributed by atoms with Crippen molar-refractivity contribution in [2.45, 2.75) is 26.3 Å². The molecule has 0 saturated heterocycles. The van der Waals surface area contributed by atoms with Gasteiger partial charge in [-0.2, -0.15) is 0 Å². The lowest BCUT2D eigenvalue weighted by Crippen LogP contribution is -2.30. The molecule has 0 heterocycles. The number of hydrogen-bond acceptors (Lipinski definition) is 2. The molecular weight excluding hydrogens is 294 g/mol. The predicted octanol–water partition coefficient (Wildman–Crippen LogP) is 3.98. The van der Waals surface area contributed by atoms with Crippen LogP contribution in [0.3, 0.4) is 0 Å². The number of hydrogen-bond donors (Lipinski definition) is 2. The third-order valence-electron chi connectivity index (χ3n) is 3.34. The third kappa shape index (κ3) is 3.79. The number of rotatable bonds is 4. The maximum Gasteiger partial charge on any atom is 0.142 e. The number of nitrogens with two attached hydrogens (primary N) is 1. The Hall–Kier alpha value is -1.49. The van der Waals surface area contributed by atoms with E-state index in [1.807, 2.05) is 26.0 Å². The normalized spacial score (nSPS) is 12.5. The second-order valence-electron chi connectivity index (χ2n) is 5.21. The highest BCUT2D eigenvalue weighted by Gasteiger charge is 2.18. The SMILES string of the molecule is Cc1cc(C)cc(CC(NN)c2cc(F)c(Cl)cc2F)c1. The van der Waals surface area contributed by atoms with Crippen LogP contribution < -0.4 is 11.3 Å². The van der Waals surface area contributed by atoms with E-state index >= 15 is 0 Å². The molecule has 0 aliphatic carbocycles. The van der Waals surface area contributed by atoms with E-state index in [-0.39, 0.29) is 10.6 Å². The van der Waals surface area contributed by atoms with E-state index in [4.69, 9.17) is 17.4 Å². The molecule has 0 fully saturated rings. The molecule has 0 spiro atoms. The van der Waals surface area contributed by atoms with E-state index in [9.17, 15) is 8.78 Å². The molecule has 0 aliphatic heterocycles. The summed E-state index contributed by atoms with van der Waals surface area (Å²) in [4.78, 5) is 0. The van der Waals surface area contributed by atoms with E-state index in [0.717, 1.165) is 28.8 Å². The van der Waals surface area contributed by atoms with Crippen LogP contribution in [-0.4, -0.2) is 0 Å². The summed E-state index contributed by atoms with van der Waals surface area (Å²) < 4.78 is 27.5. The zero-order valence-electron chi connectivity index (χ0n) is 11.9. The summed E-state index contributed by atoms with van der Waals surface area (Å²) >= 11 is 5.57. The molecule has 112 valence electrons. The lowest BCUT2D eigenvalue weighted by Gasteiger charge is -2.18. The number of hydrazine groups is 1. The number of aryl methyl sites for hydroxylation is 2. The van der Waals surface area contributed by atoms with Gasteiger partial charge in [0.15, 0.2) is 0 Å². The molecule has 21 heavy (non-hydrogen) atoms. The van der Waals surface area contributed by atoms with Gasteiger partial charge in [0, 0.05) is 5.56 Å². The van der Waals surface area contributed by atoms with Gasteiger partial charge >= 0.3 is 0 Å². The smallest absolute Gasteiger partial charge is 0.142 e. The highest BCUT2D eigenvalue weighted by molar-refractivity contribution is 6.30. The Morgan fingerprint density at radius 2 is 1.67 bits per heavy atom. The van der Waals surface area contributed by atoms with Crippen molar-refractivity contribution in [2.75, 3.05) is 0 Å². The molecule has 0 saturated carbocycles. The Morgan fingerprint density at radius 3 is 2.24 bits per heavy atom. The molecule has 2 aromatic carbocycles. The van der Waals surface area contributed by atoms with Crippen molar-refractivity contribution < 1.29 is 8.78 Å². The minimum absolute atomic E-state index is 0.165. The van der Waals surface area contributed by atoms with Crippen molar-refractivity contribution in [3.63, 3.8) is 0 Å². The molecule has 0 aliphatic rings. The van der Waals surface area contributed by atoms with Gasteiger partial charge in [-0.05, 0) is 38.0 Å². The summed E-state index contributed by atoms with van der Waals surface area (Å²) in [6.07, 6.45) is 0.455. The number of benzene rings is 2. The monoisotopic (exact) mass is 310 g/mol. The molecular formula is C16H17ClF2N2. The summed E-state index contributed by atoms with van der Waals surface area (Å²) in [5, 5.41) is -0.238. The fraction of sp³-hybridized carbons (Fsp3) is 0.250. The average molecular weight is 311 g/mol. The van der Waals surface area contributed by atoms with E-state index in [1.165, 1.54) is 0 Å². The summed E-state index contributed by atoms with van der Waals surface area (Å²) in [6, 6.07) is 7.58. The van der Waals surface area contributed by atoms with Crippen molar-refractivity contribution in [1.29, 1.82) is 0 Å². The first-order valence-corrected chi connectivity index (χ1v) is 6.96. The van der Waals surface area contributed by atoms with Crippen molar-refractivity contribution in [3.05, 3.63) is 69.2 Å². The first-order chi connectivity index (χ1) is 9.90. The molecule has 1 unspecified atom stereocenters. The van der Waals surface area contributed by atoms with E-state index < -0.39 is 17.7 Å². The van der Waals surface area contributed by atoms with Gasteiger partial charge in [0.1, 0.15) is 11.6 Å². The highest BCUT2D eigenvalue weighted by atomic mass is 35.5. The number of nitrogens with one attached hydrogen (secondary N) is 1. The minimum Gasteiger partial charge on any atom is -0.271 e. The molecule has 0 radical (unpaired) electrons. The zero-order valence-corrected chi connectivity index (χ0v) is 12.6. The maximum atomic E-state index is 14.0. The Bertz CT molecular complexity index is 639. The second-order valence-corrected chi connectivity index (χ2v) is 5.61. The average Bonchev–Trinajstić information content (AvgIpc) is 2.39. The first-order valence-electron chi connectivity index (χ1n) is 6.58.